The Bertz CT molecular complexity index is 827. The first-order valence-electron chi connectivity index (χ1n) is 9.67. The van der Waals surface area contributed by atoms with Crippen molar-refractivity contribution < 1.29 is 14.6 Å². The van der Waals surface area contributed by atoms with Crippen LogP contribution in [-0.2, 0) is 24.1 Å². The van der Waals surface area contributed by atoms with E-state index in [0.29, 0.717) is 18.2 Å². The molecule has 8 nitrogen and oxygen atoms in total. The van der Waals surface area contributed by atoms with Gasteiger partial charge in [-0.1, -0.05) is 6.07 Å². The average Bonchev–Trinajstić information content (AvgIpc) is 2.69. The maximum absolute atomic E-state index is 12.4. The van der Waals surface area contributed by atoms with Crippen LogP contribution in [-0.4, -0.2) is 69.8 Å². The lowest BCUT2D eigenvalue weighted by Crippen LogP contribution is -2.42. The third kappa shape index (κ3) is 4.70. The number of pyridine rings is 1. The van der Waals surface area contributed by atoms with Crippen molar-refractivity contribution in [2.24, 2.45) is 5.92 Å². The minimum absolute atomic E-state index is 0.186. The smallest absolute Gasteiger partial charge is 0.270 e. The van der Waals surface area contributed by atoms with Crippen molar-refractivity contribution in [2.45, 2.75) is 25.5 Å². The Morgan fingerprint density at radius 1 is 1.36 bits per heavy atom. The summed E-state index contributed by atoms with van der Waals surface area (Å²) in [4.78, 5) is 27.2. The molecule has 0 saturated carbocycles. The van der Waals surface area contributed by atoms with Crippen molar-refractivity contribution in [1.82, 2.24) is 25.2 Å². The third-order valence-corrected chi connectivity index (χ3v) is 5.17. The van der Waals surface area contributed by atoms with E-state index >= 15 is 0 Å². The van der Waals surface area contributed by atoms with Crippen LogP contribution in [0.15, 0.2) is 30.7 Å². The molecule has 2 aliphatic rings. The summed E-state index contributed by atoms with van der Waals surface area (Å²) in [6, 6.07) is 5.73. The minimum atomic E-state index is -0.643. The largest absolute Gasteiger partial charge is 0.390 e. The molecular formula is C20H25N5O3. The fourth-order valence-electron chi connectivity index (χ4n) is 3.58. The number of aliphatic hydroxyl groups excluding tert-OH is 1. The highest BCUT2D eigenvalue weighted by Gasteiger charge is 2.21. The molecule has 1 saturated heterocycles. The molecule has 148 valence electrons. The summed E-state index contributed by atoms with van der Waals surface area (Å²) >= 11 is 0. The molecule has 4 rings (SSSR count). The van der Waals surface area contributed by atoms with E-state index in [4.69, 9.17) is 4.74 Å². The molecule has 1 atom stereocenters. The van der Waals surface area contributed by atoms with Crippen molar-refractivity contribution in [3.63, 3.8) is 0 Å². The lowest BCUT2D eigenvalue weighted by molar-refractivity contribution is -0.0316. The first-order valence-corrected chi connectivity index (χ1v) is 9.67. The first-order chi connectivity index (χ1) is 13.7. The predicted molar refractivity (Wildman–Crippen MR) is 102 cm³/mol. The summed E-state index contributed by atoms with van der Waals surface area (Å²) in [5.41, 5.74) is 3.51. The van der Waals surface area contributed by atoms with Crippen LogP contribution in [0.3, 0.4) is 0 Å². The lowest BCUT2D eigenvalue weighted by atomic mass is 10.0. The Hall–Kier alpha value is -2.42. The number of amides is 1. The highest BCUT2D eigenvalue weighted by atomic mass is 16.5. The number of aromatic nitrogens is 3. The zero-order valence-electron chi connectivity index (χ0n) is 15.8. The van der Waals surface area contributed by atoms with E-state index in [1.165, 1.54) is 11.9 Å². The summed E-state index contributed by atoms with van der Waals surface area (Å²) < 4.78 is 5.17. The van der Waals surface area contributed by atoms with Crippen LogP contribution in [0.2, 0.25) is 0 Å². The quantitative estimate of drug-likeness (QED) is 0.705. The van der Waals surface area contributed by atoms with Crippen LogP contribution in [0.25, 0.3) is 0 Å². The van der Waals surface area contributed by atoms with Gasteiger partial charge in [-0.15, -0.1) is 0 Å². The molecule has 28 heavy (non-hydrogen) atoms. The van der Waals surface area contributed by atoms with Crippen LogP contribution in [0.4, 0.5) is 0 Å². The highest BCUT2D eigenvalue weighted by Crippen LogP contribution is 2.17. The van der Waals surface area contributed by atoms with Gasteiger partial charge in [-0.2, -0.15) is 0 Å². The molecule has 1 amide bonds. The maximum Gasteiger partial charge on any atom is 0.270 e. The van der Waals surface area contributed by atoms with Gasteiger partial charge in [-0.3, -0.25) is 14.7 Å². The average molecular weight is 383 g/mol. The van der Waals surface area contributed by atoms with Crippen molar-refractivity contribution in [3.8, 4) is 0 Å². The monoisotopic (exact) mass is 383 g/mol. The SMILES string of the molecule is O=C(NC[C@H](O)CN1CCc2ncccc2C1)c1cc(CC2COC2)ncn1. The molecule has 2 aromatic heterocycles. The molecule has 0 unspecified atom stereocenters. The molecule has 4 heterocycles. The van der Waals surface area contributed by atoms with Crippen molar-refractivity contribution in [3.05, 3.63) is 53.4 Å². The van der Waals surface area contributed by atoms with Gasteiger partial charge in [0.1, 0.15) is 12.0 Å². The number of hydrogen-bond acceptors (Lipinski definition) is 7. The first kappa shape index (κ1) is 18.9. The van der Waals surface area contributed by atoms with Gasteiger partial charge in [0.15, 0.2) is 0 Å². The molecule has 2 aliphatic heterocycles. The lowest BCUT2D eigenvalue weighted by Gasteiger charge is -2.29. The summed E-state index contributed by atoms with van der Waals surface area (Å²) in [7, 11) is 0. The molecule has 0 aromatic carbocycles. The van der Waals surface area contributed by atoms with Gasteiger partial charge >= 0.3 is 0 Å². The summed E-state index contributed by atoms with van der Waals surface area (Å²) in [5, 5.41) is 13.1. The van der Waals surface area contributed by atoms with Crippen LogP contribution in [0, 0.1) is 5.92 Å². The van der Waals surface area contributed by atoms with Gasteiger partial charge in [0.25, 0.3) is 5.91 Å². The van der Waals surface area contributed by atoms with Crippen LogP contribution >= 0.6 is 0 Å². The number of ether oxygens (including phenoxy) is 1. The Kier molecular flexibility index (Phi) is 5.90. The second-order valence-electron chi connectivity index (χ2n) is 7.46. The Morgan fingerprint density at radius 2 is 2.25 bits per heavy atom. The molecule has 0 radical (unpaired) electrons. The van der Waals surface area contributed by atoms with Gasteiger partial charge in [-0.25, -0.2) is 9.97 Å². The minimum Gasteiger partial charge on any atom is -0.390 e. The zero-order chi connectivity index (χ0) is 19.3. The fraction of sp³-hybridized carbons (Fsp3) is 0.500. The normalized spacial score (nSPS) is 18.2. The van der Waals surface area contributed by atoms with Crippen molar-refractivity contribution in [1.29, 1.82) is 0 Å². The summed E-state index contributed by atoms with van der Waals surface area (Å²) in [5.74, 6) is 0.179. The number of nitrogens with zero attached hydrogens (tertiary/aromatic N) is 4. The molecule has 0 aliphatic carbocycles. The van der Waals surface area contributed by atoms with Gasteiger partial charge in [0.2, 0.25) is 0 Å². The number of fused-ring (bicyclic) bond motifs is 1. The number of carbonyl (C=O) groups excluding carboxylic acids is 1. The highest BCUT2D eigenvalue weighted by molar-refractivity contribution is 5.92. The van der Waals surface area contributed by atoms with E-state index in [1.54, 1.807) is 6.07 Å². The van der Waals surface area contributed by atoms with E-state index in [2.05, 4.69) is 31.2 Å². The fourth-order valence-corrected chi connectivity index (χ4v) is 3.58. The number of rotatable bonds is 7. The van der Waals surface area contributed by atoms with Crippen LogP contribution in [0.5, 0.6) is 0 Å². The second-order valence-corrected chi connectivity index (χ2v) is 7.46. The van der Waals surface area contributed by atoms with Gasteiger partial charge < -0.3 is 15.2 Å². The number of aliphatic hydroxyl groups is 1. The Balaban J connectivity index is 1.25. The van der Waals surface area contributed by atoms with E-state index in [0.717, 1.165) is 50.5 Å². The molecule has 8 heteroatoms. The number of hydrogen-bond donors (Lipinski definition) is 2. The molecule has 2 aromatic rings. The van der Waals surface area contributed by atoms with Crippen molar-refractivity contribution >= 4 is 5.91 Å². The molecular weight excluding hydrogens is 358 g/mol. The molecule has 0 bridgehead atoms. The molecule has 1 fully saturated rings. The van der Waals surface area contributed by atoms with Crippen molar-refractivity contribution in [2.75, 3.05) is 32.8 Å². The van der Waals surface area contributed by atoms with E-state index in [-0.39, 0.29) is 12.5 Å². The second kappa shape index (κ2) is 8.72. The topological polar surface area (TPSA) is 100 Å². The summed E-state index contributed by atoms with van der Waals surface area (Å²) in [6.45, 7) is 3.81. The number of nitrogens with one attached hydrogen (secondary N) is 1. The maximum atomic E-state index is 12.4. The summed E-state index contributed by atoms with van der Waals surface area (Å²) in [6.07, 6.45) is 4.26. The third-order valence-electron chi connectivity index (χ3n) is 5.17. The van der Waals surface area contributed by atoms with Crippen LogP contribution < -0.4 is 5.32 Å². The van der Waals surface area contributed by atoms with E-state index < -0.39 is 6.10 Å². The molecule has 0 spiro atoms. The van der Waals surface area contributed by atoms with Crippen LogP contribution in [0.1, 0.15) is 27.4 Å². The van der Waals surface area contributed by atoms with Gasteiger partial charge in [0.05, 0.1) is 19.3 Å². The molecule has 2 N–H and O–H groups in total. The number of carbonyl (C=O) groups is 1. The zero-order valence-corrected chi connectivity index (χ0v) is 15.8. The Labute approximate surface area is 164 Å². The standard InChI is InChI=1S/C20H25N5O3/c26-17(10-25-5-3-18-15(9-25)2-1-4-21-18)8-22-20(27)19-7-16(23-13-24-19)6-14-11-28-12-14/h1-2,4,7,13-14,17,26H,3,5-6,8-12H2,(H,22,27)/t17-/m0/s1. The van der Waals surface area contributed by atoms with E-state index in [9.17, 15) is 9.90 Å². The Morgan fingerprint density at radius 3 is 3.07 bits per heavy atom. The van der Waals surface area contributed by atoms with Gasteiger partial charge in [-0.05, 0) is 24.1 Å². The number of β-amino-alcohol motifs (C(OH)–C–C–N with tert-alkyl or cyclic N) is 1. The predicted octanol–water partition coefficient (Wildman–Crippen LogP) is 0.209. The van der Waals surface area contributed by atoms with Gasteiger partial charge in [0, 0.05) is 56.1 Å². The van der Waals surface area contributed by atoms with E-state index in [1.807, 2.05) is 12.3 Å².